The molecule has 0 radical (unpaired) electrons. The average Bonchev–Trinajstić information content (AvgIpc) is 2.74. The SMILES string of the molecule is CS(=O)(=O)N1CCC[C@@H](Oc2cc(F)ccc2Cc2ncnc3cc(N=S(C)(C)=O)cc(F)c23)C1. The van der Waals surface area contributed by atoms with E-state index >= 15 is 4.39 Å². The van der Waals surface area contributed by atoms with Crippen LogP contribution in [0.3, 0.4) is 0 Å². The Morgan fingerprint density at radius 1 is 1.11 bits per heavy atom. The Balaban J connectivity index is 1.67. The third-order valence-corrected chi connectivity index (χ3v) is 7.49. The molecule has 0 N–H and O–H groups in total. The molecule has 35 heavy (non-hydrogen) atoms. The molecule has 0 aliphatic carbocycles. The van der Waals surface area contributed by atoms with Crippen molar-refractivity contribution in [3.63, 3.8) is 0 Å². The molecule has 0 unspecified atom stereocenters. The number of benzene rings is 2. The van der Waals surface area contributed by atoms with E-state index in [1.807, 2.05) is 0 Å². The van der Waals surface area contributed by atoms with Crippen LogP contribution in [0.4, 0.5) is 14.5 Å². The Bertz CT molecular complexity index is 1500. The van der Waals surface area contributed by atoms with Crippen LogP contribution in [0.25, 0.3) is 10.9 Å². The first-order valence-electron chi connectivity index (χ1n) is 10.9. The van der Waals surface area contributed by atoms with Gasteiger partial charge in [0.25, 0.3) is 0 Å². The number of rotatable bonds is 6. The quantitative estimate of drug-likeness (QED) is 0.488. The number of hydrogen-bond acceptors (Lipinski definition) is 7. The summed E-state index contributed by atoms with van der Waals surface area (Å²) in [6, 6.07) is 6.79. The molecule has 0 saturated carbocycles. The monoisotopic (exact) mass is 524 g/mol. The number of piperidine rings is 1. The highest BCUT2D eigenvalue weighted by molar-refractivity contribution is 7.92. The molecule has 1 aliphatic rings. The predicted octanol–water partition coefficient (Wildman–Crippen LogP) is 3.66. The average molecular weight is 525 g/mol. The summed E-state index contributed by atoms with van der Waals surface area (Å²) in [5.41, 5.74) is 1.46. The van der Waals surface area contributed by atoms with Crippen LogP contribution in [-0.4, -0.2) is 64.9 Å². The van der Waals surface area contributed by atoms with E-state index < -0.39 is 37.5 Å². The first-order valence-corrected chi connectivity index (χ1v) is 15.1. The number of sulfonamides is 1. The first-order chi connectivity index (χ1) is 16.4. The van der Waals surface area contributed by atoms with Crippen LogP contribution in [0.5, 0.6) is 5.75 Å². The smallest absolute Gasteiger partial charge is 0.211 e. The molecule has 12 heteroatoms. The maximum Gasteiger partial charge on any atom is 0.211 e. The second-order valence-electron chi connectivity index (χ2n) is 8.85. The summed E-state index contributed by atoms with van der Waals surface area (Å²) in [6.07, 6.45) is 6.29. The van der Waals surface area contributed by atoms with Crippen molar-refractivity contribution < 1.29 is 26.1 Å². The molecule has 8 nitrogen and oxygen atoms in total. The summed E-state index contributed by atoms with van der Waals surface area (Å²) < 4.78 is 76.5. The van der Waals surface area contributed by atoms with Gasteiger partial charge < -0.3 is 4.74 Å². The van der Waals surface area contributed by atoms with E-state index in [2.05, 4.69) is 14.3 Å². The summed E-state index contributed by atoms with van der Waals surface area (Å²) >= 11 is 0. The Hall–Kier alpha value is -2.70. The van der Waals surface area contributed by atoms with E-state index in [9.17, 15) is 17.0 Å². The minimum Gasteiger partial charge on any atom is -0.489 e. The molecule has 188 valence electrons. The van der Waals surface area contributed by atoms with Crippen LogP contribution in [0.15, 0.2) is 41.0 Å². The van der Waals surface area contributed by atoms with Crippen LogP contribution in [0.2, 0.25) is 0 Å². The van der Waals surface area contributed by atoms with Gasteiger partial charge in [-0.3, -0.25) is 0 Å². The van der Waals surface area contributed by atoms with Crippen molar-refractivity contribution in [1.82, 2.24) is 14.3 Å². The third kappa shape index (κ3) is 6.30. The number of halogens is 2. The number of nitrogens with zero attached hydrogens (tertiary/aromatic N) is 4. The van der Waals surface area contributed by atoms with Gasteiger partial charge in [-0.05, 0) is 25.0 Å². The highest BCUT2D eigenvalue weighted by Crippen LogP contribution is 2.30. The van der Waals surface area contributed by atoms with Crippen molar-refractivity contribution in [2.75, 3.05) is 31.9 Å². The molecule has 1 saturated heterocycles. The number of aromatic nitrogens is 2. The third-order valence-electron chi connectivity index (χ3n) is 5.57. The molecule has 4 rings (SSSR count). The zero-order valence-corrected chi connectivity index (χ0v) is 21.2. The van der Waals surface area contributed by atoms with Gasteiger partial charge >= 0.3 is 0 Å². The van der Waals surface area contributed by atoms with Gasteiger partial charge in [0, 0.05) is 52.9 Å². The molecule has 0 bridgehead atoms. The first kappa shape index (κ1) is 25.4. The van der Waals surface area contributed by atoms with Gasteiger partial charge in [-0.2, -0.15) is 8.67 Å². The van der Waals surface area contributed by atoms with Gasteiger partial charge in [-0.15, -0.1) is 0 Å². The van der Waals surface area contributed by atoms with Crippen molar-refractivity contribution in [2.45, 2.75) is 25.4 Å². The summed E-state index contributed by atoms with van der Waals surface area (Å²) in [5.74, 6) is -0.866. The lowest BCUT2D eigenvalue weighted by Crippen LogP contribution is -2.43. The molecule has 3 aromatic rings. The fraction of sp³-hybridized carbons (Fsp3) is 0.391. The van der Waals surface area contributed by atoms with Crippen LogP contribution >= 0.6 is 0 Å². The predicted molar refractivity (Wildman–Crippen MR) is 131 cm³/mol. The molecule has 1 aliphatic heterocycles. The van der Waals surface area contributed by atoms with Gasteiger partial charge in [0.15, 0.2) is 0 Å². The molecule has 0 amide bonds. The number of fused-ring (bicyclic) bond motifs is 1. The van der Waals surface area contributed by atoms with Crippen LogP contribution in [0, 0.1) is 11.6 Å². The molecule has 1 aromatic heterocycles. The normalized spacial score (nSPS) is 17.5. The van der Waals surface area contributed by atoms with Crippen molar-refractivity contribution in [3.05, 3.63) is 59.6 Å². The fourth-order valence-corrected chi connectivity index (χ4v) is 5.59. The molecular formula is C23H26F2N4O4S2. The zero-order chi connectivity index (χ0) is 25.4. The molecular weight excluding hydrogens is 498 g/mol. The number of ether oxygens (including phenoxy) is 1. The molecule has 2 aromatic carbocycles. The van der Waals surface area contributed by atoms with Gasteiger partial charge in [0.2, 0.25) is 10.0 Å². The lowest BCUT2D eigenvalue weighted by Gasteiger charge is -2.31. The van der Waals surface area contributed by atoms with Gasteiger partial charge in [-0.25, -0.2) is 31.4 Å². The minimum absolute atomic E-state index is 0.128. The molecule has 1 fully saturated rings. The second-order valence-corrected chi connectivity index (χ2v) is 13.4. The topological polar surface area (TPSA) is 102 Å². The maximum absolute atomic E-state index is 15.1. The fourth-order valence-electron chi connectivity index (χ4n) is 4.08. The summed E-state index contributed by atoms with van der Waals surface area (Å²) in [7, 11) is -5.85. The van der Waals surface area contributed by atoms with E-state index in [4.69, 9.17) is 4.74 Å². The van der Waals surface area contributed by atoms with Gasteiger partial charge in [0.05, 0.1) is 35.1 Å². The zero-order valence-electron chi connectivity index (χ0n) is 19.6. The largest absolute Gasteiger partial charge is 0.489 e. The lowest BCUT2D eigenvalue weighted by molar-refractivity contribution is 0.128. The van der Waals surface area contributed by atoms with Crippen molar-refractivity contribution in [3.8, 4) is 5.75 Å². The lowest BCUT2D eigenvalue weighted by atomic mass is 10.0. The standard InChI is InChI=1S/C23H26F2N4O4S2/c1-34(2,30)28-17-11-19(25)23-20(26-14-27-21(23)12-17)9-15-6-7-16(24)10-22(15)33-18-5-4-8-29(13-18)35(3,31)32/h6-7,10-12,14,18H,4-5,8-9,13H2,1-3H3/t18-/m1/s1. The Morgan fingerprint density at radius 3 is 2.60 bits per heavy atom. The van der Waals surface area contributed by atoms with E-state index in [1.54, 1.807) is 12.1 Å². The number of hydrogen-bond donors (Lipinski definition) is 0. The van der Waals surface area contributed by atoms with Crippen molar-refractivity contribution in [2.24, 2.45) is 4.36 Å². The highest BCUT2D eigenvalue weighted by atomic mass is 32.2. The molecule has 1 atom stereocenters. The van der Waals surface area contributed by atoms with E-state index in [1.165, 1.54) is 41.3 Å². The summed E-state index contributed by atoms with van der Waals surface area (Å²) in [5, 5.41) is 0.182. The van der Waals surface area contributed by atoms with Crippen molar-refractivity contribution in [1.29, 1.82) is 0 Å². The molecule has 0 spiro atoms. The minimum atomic E-state index is -3.37. The Morgan fingerprint density at radius 2 is 1.89 bits per heavy atom. The van der Waals surface area contributed by atoms with E-state index in [-0.39, 0.29) is 29.8 Å². The van der Waals surface area contributed by atoms with Gasteiger partial charge in [0.1, 0.15) is 29.8 Å². The van der Waals surface area contributed by atoms with Crippen LogP contribution < -0.4 is 4.74 Å². The van der Waals surface area contributed by atoms with E-state index in [0.29, 0.717) is 36.2 Å². The van der Waals surface area contributed by atoms with Crippen LogP contribution in [-0.2, 0) is 26.2 Å². The van der Waals surface area contributed by atoms with Crippen LogP contribution in [0.1, 0.15) is 24.1 Å². The Labute approximate surface area is 203 Å². The molecule has 2 heterocycles. The summed E-state index contributed by atoms with van der Waals surface area (Å²) in [4.78, 5) is 8.39. The highest BCUT2D eigenvalue weighted by Gasteiger charge is 2.28. The van der Waals surface area contributed by atoms with Gasteiger partial charge in [-0.1, -0.05) is 6.07 Å². The summed E-state index contributed by atoms with van der Waals surface area (Å²) in [6.45, 7) is 0.588. The second kappa shape index (κ2) is 9.75. The Kier molecular flexibility index (Phi) is 7.07. The van der Waals surface area contributed by atoms with E-state index in [0.717, 1.165) is 6.26 Å². The van der Waals surface area contributed by atoms with Crippen molar-refractivity contribution >= 4 is 36.3 Å². The maximum atomic E-state index is 15.1.